The van der Waals surface area contributed by atoms with Gasteiger partial charge in [-0.2, -0.15) is 5.10 Å². The number of nitrogens with one attached hydrogen (secondary N) is 2. The molecular formula is C18H25BrN4O. The zero-order valence-electron chi connectivity index (χ0n) is 14.7. The van der Waals surface area contributed by atoms with Gasteiger partial charge in [0, 0.05) is 12.2 Å². The second kappa shape index (κ2) is 8.44. The van der Waals surface area contributed by atoms with Gasteiger partial charge < -0.3 is 5.32 Å². The molecule has 0 aliphatic heterocycles. The number of amides is 1. The van der Waals surface area contributed by atoms with E-state index >= 15 is 0 Å². The first kappa shape index (κ1) is 18.7. The highest BCUT2D eigenvalue weighted by atomic mass is 79.9. The quantitative estimate of drug-likeness (QED) is 0.734. The second-order valence-corrected chi connectivity index (χ2v) is 6.86. The van der Waals surface area contributed by atoms with E-state index in [0.717, 1.165) is 35.5 Å². The summed E-state index contributed by atoms with van der Waals surface area (Å²) >= 11 is 3.47. The molecule has 0 atom stereocenters. The average Bonchev–Trinajstić information content (AvgIpc) is 2.94. The lowest BCUT2D eigenvalue weighted by molar-refractivity contribution is 0.102. The zero-order valence-corrected chi connectivity index (χ0v) is 16.3. The third-order valence-electron chi connectivity index (χ3n) is 4.01. The summed E-state index contributed by atoms with van der Waals surface area (Å²) in [5.74, 6) is 0.0517. The van der Waals surface area contributed by atoms with Gasteiger partial charge in [-0.15, -0.1) is 0 Å². The van der Waals surface area contributed by atoms with Gasteiger partial charge in [0.05, 0.1) is 10.2 Å². The van der Waals surface area contributed by atoms with Gasteiger partial charge in [-0.1, -0.05) is 39.8 Å². The molecule has 24 heavy (non-hydrogen) atoms. The number of hydrogen-bond acceptors (Lipinski definition) is 3. The maximum atomic E-state index is 12.5. The number of rotatable bonds is 7. The van der Waals surface area contributed by atoms with E-state index in [1.807, 2.05) is 18.2 Å². The minimum Gasteiger partial charge on any atom is -0.321 e. The number of nitrogens with zero attached hydrogens (tertiary/aromatic N) is 2. The Morgan fingerprint density at radius 3 is 2.62 bits per heavy atom. The SMILES string of the molecule is CCN(CC)Cc1cccc(NC(=O)c2n[nH]c(C(C)C)c2Br)c1. The van der Waals surface area contributed by atoms with Crippen LogP contribution in [0, 0.1) is 0 Å². The van der Waals surface area contributed by atoms with Gasteiger partial charge >= 0.3 is 0 Å². The lowest BCUT2D eigenvalue weighted by Crippen LogP contribution is -2.22. The van der Waals surface area contributed by atoms with Crippen molar-refractivity contribution < 1.29 is 4.79 Å². The molecule has 2 N–H and O–H groups in total. The lowest BCUT2D eigenvalue weighted by Gasteiger charge is -2.18. The van der Waals surface area contributed by atoms with E-state index in [0.29, 0.717) is 5.69 Å². The van der Waals surface area contributed by atoms with Crippen molar-refractivity contribution in [3.8, 4) is 0 Å². The molecule has 1 heterocycles. The summed E-state index contributed by atoms with van der Waals surface area (Å²) in [5, 5.41) is 10.00. The van der Waals surface area contributed by atoms with Crippen molar-refractivity contribution in [2.45, 2.75) is 40.2 Å². The Morgan fingerprint density at radius 2 is 2.04 bits per heavy atom. The number of hydrogen-bond donors (Lipinski definition) is 2. The highest BCUT2D eigenvalue weighted by Gasteiger charge is 2.19. The van der Waals surface area contributed by atoms with Crippen molar-refractivity contribution in [1.29, 1.82) is 0 Å². The van der Waals surface area contributed by atoms with Crippen LogP contribution in [0.5, 0.6) is 0 Å². The Balaban J connectivity index is 2.12. The fourth-order valence-corrected chi connectivity index (χ4v) is 3.33. The number of aromatic amines is 1. The van der Waals surface area contributed by atoms with E-state index in [9.17, 15) is 4.79 Å². The molecule has 0 aliphatic carbocycles. The number of aromatic nitrogens is 2. The first-order chi connectivity index (χ1) is 11.5. The molecule has 0 saturated carbocycles. The molecular weight excluding hydrogens is 368 g/mol. The first-order valence-corrected chi connectivity index (χ1v) is 9.11. The van der Waals surface area contributed by atoms with E-state index in [-0.39, 0.29) is 11.8 Å². The molecule has 5 nitrogen and oxygen atoms in total. The predicted octanol–water partition coefficient (Wildman–Crippen LogP) is 4.39. The van der Waals surface area contributed by atoms with Crippen molar-refractivity contribution >= 4 is 27.5 Å². The normalized spacial score (nSPS) is 11.3. The molecule has 0 unspecified atom stereocenters. The Bertz CT molecular complexity index is 692. The van der Waals surface area contributed by atoms with Gasteiger partial charge in [0.2, 0.25) is 0 Å². The molecule has 0 radical (unpaired) electrons. The summed E-state index contributed by atoms with van der Waals surface area (Å²) in [5.41, 5.74) is 3.27. The highest BCUT2D eigenvalue weighted by Crippen LogP contribution is 2.26. The summed E-state index contributed by atoms with van der Waals surface area (Å²) in [4.78, 5) is 14.8. The van der Waals surface area contributed by atoms with Gasteiger partial charge in [-0.05, 0) is 52.6 Å². The molecule has 1 aromatic heterocycles. The van der Waals surface area contributed by atoms with Crippen LogP contribution < -0.4 is 5.32 Å². The summed E-state index contributed by atoms with van der Waals surface area (Å²) in [7, 11) is 0. The van der Waals surface area contributed by atoms with Crippen molar-refractivity contribution in [3.63, 3.8) is 0 Å². The standard InChI is InChI=1S/C18H25BrN4O/c1-5-23(6-2)11-13-8-7-9-14(10-13)20-18(24)17-15(19)16(12(3)4)21-22-17/h7-10,12H,5-6,11H2,1-4H3,(H,20,24)(H,21,22). The number of carbonyl (C=O) groups is 1. The fraction of sp³-hybridized carbons (Fsp3) is 0.444. The van der Waals surface area contributed by atoms with Crippen molar-refractivity contribution in [2.75, 3.05) is 18.4 Å². The van der Waals surface area contributed by atoms with E-state index in [2.05, 4.69) is 70.1 Å². The summed E-state index contributed by atoms with van der Waals surface area (Å²) in [6.07, 6.45) is 0. The van der Waals surface area contributed by atoms with Crippen molar-refractivity contribution in [1.82, 2.24) is 15.1 Å². The van der Waals surface area contributed by atoms with Crippen LogP contribution >= 0.6 is 15.9 Å². The van der Waals surface area contributed by atoms with E-state index in [4.69, 9.17) is 0 Å². The molecule has 0 bridgehead atoms. The third-order valence-corrected chi connectivity index (χ3v) is 4.81. The predicted molar refractivity (Wildman–Crippen MR) is 101 cm³/mol. The molecule has 6 heteroatoms. The minimum atomic E-state index is -0.218. The Labute approximate surface area is 152 Å². The van der Waals surface area contributed by atoms with Crippen LogP contribution in [0.25, 0.3) is 0 Å². The fourth-order valence-electron chi connectivity index (χ4n) is 2.52. The largest absolute Gasteiger partial charge is 0.321 e. The maximum absolute atomic E-state index is 12.5. The zero-order chi connectivity index (χ0) is 17.7. The molecule has 0 saturated heterocycles. The molecule has 0 spiro atoms. The van der Waals surface area contributed by atoms with E-state index < -0.39 is 0 Å². The molecule has 130 valence electrons. The highest BCUT2D eigenvalue weighted by molar-refractivity contribution is 9.10. The molecule has 1 amide bonds. The van der Waals surface area contributed by atoms with Crippen LogP contribution in [-0.2, 0) is 6.54 Å². The first-order valence-electron chi connectivity index (χ1n) is 8.32. The van der Waals surface area contributed by atoms with E-state index in [1.54, 1.807) is 0 Å². The Morgan fingerprint density at radius 1 is 1.33 bits per heavy atom. The summed E-state index contributed by atoms with van der Waals surface area (Å²) in [6.45, 7) is 11.3. The number of H-pyrrole nitrogens is 1. The molecule has 0 aliphatic rings. The van der Waals surface area contributed by atoms with Crippen LogP contribution in [0.4, 0.5) is 5.69 Å². The third kappa shape index (κ3) is 4.45. The molecule has 1 aromatic carbocycles. The van der Waals surface area contributed by atoms with Gasteiger partial charge in [0.1, 0.15) is 0 Å². The Hall–Kier alpha value is -1.66. The Kier molecular flexibility index (Phi) is 6.57. The van der Waals surface area contributed by atoms with Crippen molar-refractivity contribution in [3.05, 3.63) is 45.7 Å². The van der Waals surface area contributed by atoms with E-state index in [1.165, 1.54) is 5.56 Å². The topological polar surface area (TPSA) is 61.0 Å². The number of anilines is 1. The van der Waals surface area contributed by atoms with Crippen molar-refractivity contribution in [2.24, 2.45) is 0 Å². The number of benzene rings is 1. The monoisotopic (exact) mass is 392 g/mol. The summed E-state index contributed by atoms with van der Waals surface area (Å²) < 4.78 is 0.731. The number of halogens is 1. The smallest absolute Gasteiger partial charge is 0.277 e. The summed E-state index contributed by atoms with van der Waals surface area (Å²) in [6, 6.07) is 7.95. The van der Waals surface area contributed by atoms with Crippen LogP contribution in [0.15, 0.2) is 28.7 Å². The van der Waals surface area contributed by atoms with Crippen LogP contribution in [0.1, 0.15) is 55.4 Å². The molecule has 2 aromatic rings. The van der Waals surface area contributed by atoms with Gasteiger partial charge in [0.25, 0.3) is 5.91 Å². The van der Waals surface area contributed by atoms with Gasteiger partial charge in [-0.3, -0.25) is 14.8 Å². The van der Waals surface area contributed by atoms with Crippen LogP contribution in [0.2, 0.25) is 0 Å². The van der Waals surface area contributed by atoms with Crippen LogP contribution in [-0.4, -0.2) is 34.1 Å². The molecule has 0 fully saturated rings. The van der Waals surface area contributed by atoms with Gasteiger partial charge in [-0.25, -0.2) is 0 Å². The lowest BCUT2D eigenvalue weighted by atomic mass is 10.1. The molecule has 2 rings (SSSR count). The number of carbonyl (C=O) groups excluding carboxylic acids is 1. The maximum Gasteiger partial charge on any atom is 0.277 e. The second-order valence-electron chi connectivity index (χ2n) is 6.07. The average molecular weight is 393 g/mol. The van der Waals surface area contributed by atoms with Crippen LogP contribution in [0.3, 0.4) is 0 Å². The van der Waals surface area contributed by atoms with Gasteiger partial charge in [0.15, 0.2) is 5.69 Å². The minimum absolute atomic E-state index is 0.218.